The first kappa shape index (κ1) is 13.8. The molecule has 102 valence electrons. The van der Waals surface area contributed by atoms with Crippen LogP contribution in [0.1, 0.15) is 21.5 Å². The van der Waals surface area contributed by atoms with Crippen molar-refractivity contribution in [2.24, 2.45) is 7.05 Å². The van der Waals surface area contributed by atoms with E-state index in [4.69, 9.17) is 5.11 Å². The van der Waals surface area contributed by atoms with Crippen LogP contribution in [0.4, 0.5) is 5.69 Å². The van der Waals surface area contributed by atoms with Crippen molar-refractivity contribution in [2.45, 2.75) is 6.92 Å². The summed E-state index contributed by atoms with van der Waals surface area (Å²) in [4.78, 5) is 12.3. The van der Waals surface area contributed by atoms with Gasteiger partial charge < -0.3 is 10.4 Å². The van der Waals surface area contributed by atoms with Crippen molar-refractivity contribution in [3.05, 3.63) is 47.3 Å². The Morgan fingerprint density at radius 2 is 2.30 bits per heavy atom. The third-order valence-corrected chi connectivity index (χ3v) is 2.68. The minimum absolute atomic E-state index is 0.239. The van der Waals surface area contributed by atoms with Crippen LogP contribution in [-0.2, 0) is 7.05 Å². The number of hydrogen-bond acceptors (Lipinski definition) is 3. The van der Waals surface area contributed by atoms with Gasteiger partial charge in [0.05, 0.1) is 17.4 Å². The molecule has 0 spiro atoms. The van der Waals surface area contributed by atoms with E-state index < -0.39 is 0 Å². The Morgan fingerprint density at radius 3 is 2.95 bits per heavy atom. The predicted octanol–water partition coefficient (Wildman–Crippen LogP) is 1.32. The minimum Gasteiger partial charge on any atom is -0.384 e. The van der Waals surface area contributed by atoms with E-state index in [0.717, 1.165) is 5.56 Å². The fourth-order valence-corrected chi connectivity index (χ4v) is 1.77. The van der Waals surface area contributed by atoms with Crippen LogP contribution in [-0.4, -0.2) is 27.4 Å². The standard InChI is InChI=1S/C15H15N3O2/c1-11-5-6-12(4-3-7-19)14(8-11)15(20)17-13-9-16-18(2)10-13/h5-6,8-10,19H,7H2,1-2H3,(H,17,20). The van der Waals surface area contributed by atoms with Crippen LogP contribution >= 0.6 is 0 Å². The van der Waals surface area contributed by atoms with Crippen LogP contribution in [0, 0.1) is 18.8 Å². The first-order valence-electron chi connectivity index (χ1n) is 6.10. The molecule has 1 aromatic heterocycles. The summed E-state index contributed by atoms with van der Waals surface area (Å²) in [5.41, 5.74) is 2.66. The second-order valence-electron chi connectivity index (χ2n) is 4.37. The summed E-state index contributed by atoms with van der Waals surface area (Å²) < 4.78 is 1.61. The van der Waals surface area contributed by atoms with Gasteiger partial charge in [-0.2, -0.15) is 5.10 Å². The number of aliphatic hydroxyl groups is 1. The quantitative estimate of drug-likeness (QED) is 0.808. The van der Waals surface area contributed by atoms with E-state index in [1.54, 1.807) is 36.3 Å². The maximum absolute atomic E-state index is 12.3. The summed E-state index contributed by atoms with van der Waals surface area (Å²) in [6, 6.07) is 5.42. The maximum atomic E-state index is 12.3. The van der Waals surface area contributed by atoms with Gasteiger partial charge >= 0.3 is 0 Å². The van der Waals surface area contributed by atoms with Gasteiger partial charge in [0, 0.05) is 18.8 Å². The molecule has 0 bridgehead atoms. The summed E-state index contributed by atoms with van der Waals surface area (Å²) in [6.07, 6.45) is 3.29. The van der Waals surface area contributed by atoms with Crippen molar-refractivity contribution in [1.82, 2.24) is 9.78 Å². The Kier molecular flexibility index (Phi) is 4.18. The molecule has 0 aliphatic rings. The molecule has 0 atom stereocenters. The zero-order valence-electron chi connectivity index (χ0n) is 11.3. The molecular formula is C15H15N3O2. The van der Waals surface area contributed by atoms with E-state index in [9.17, 15) is 4.79 Å². The molecule has 1 amide bonds. The smallest absolute Gasteiger partial charge is 0.257 e. The number of aryl methyl sites for hydroxylation is 2. The minimum atomic E-state index is -0.246. The van der Waals surface area contributed by atoms with Crippen LogP contribution in [0.2, 0.25) is 0 Å². The highest BCUT2D eigenvalue weighted by Crippen LogP contribution is 2.14. The van der Waals surface area contributed by atoms with Crippen molar-refractivity contribution in [1.29, 1.82) is 0 Å². The number of nitrogens with one attached hydrogen (secondary N) is 1. The van der Waals surface area contributed by atoms with Gasteiger partial charge in [-0.1, -0.05) is 23.5 Å². The second kappa shape index (κ2) is 6.04. The van der Waals surface area contributed by atoms with Crippen molar-refractivity contribution in [2.75, 3.05) is 11.9 Å². The summed E-state index contributed by atoms with van der Waals surface area (Å²) in [5.74, 6) is 5.09. The van der Waals surface area contributed by atoms with Crippen molar-refractivity contribution >= 4 is 11.6 Å². The Morgan fingerprint density at radius 1 is 1.50 bits per heavy atom. The average Bonchev–Trinajstić information content (AvgIpc) is 2.82. The van der Waals surface area contributed by atoms with Crippen molar-refractivity contribution < 1.29 is 9.90 Å². The van der Waals surface area contributed by atoms with E-state index in [0.29, 0.717) is 16.8 Å². The summed E-state index contributed by atoms with van der Waals surface area (Å²) in [5, 5.41) is 15.5. The molecule has 2 N–H and O–H groups in total. The molecule has 20 heavy (non-hydrogen) atoms. The number of hydrogen-bond donors (Lipinski definition) is 2. The van der Waals surface area contributed by atoms with Gasteiger partial charge in [0.1, 0.15) is 6.61 Å². The van der Waals surface area contributed by atoms with Crippen LogP contribution in [0.3, 0.4) is 0 Å². The molecule has 0 fully saturated rings. The third-order valence-electron chi connectivity index (χ3n) is 2.68. The number of benzene rings is 1. The number of carbonyl (C=O) groups is 1. The van der Waals surface area contributed by atoms with E-state index >= 15 is 0 Å². The van der Waals surface area contributed by atoms with Gasteiger partial charge in [-0.25, -0.2) is 0 Å². The largest absolute Gasteiger partial charge is 0.384 e. The highest BCUT2D eigenvalue weighted by molar-refractivity contribution is 6.06. The molecule has 2 rings (SSSR count). The van der Waals surface area contributed by atoms with Crippen molar-refractivity contribution in [3.63, 3.8) is 0 Å². The predicted molar refractivity (Wildman–Crippen MR) is 76.3 cm³/mol. The third kappa shape index (κ3) is 3.25. The Hall–Kier alpha value is -2.58. The summed E-state index contributed by atoms with van der Waals surface area (Å²) in [6.45, 7) is 1.67. The number of aromatic nitrogens is 2. The molecule has 5 nitrogen and oxygen atoms in total. The molecule has 0 unspecified atom stereocenters. The molecule has 0 saturated carbocycles. The molecule has 0 aliphatic carbocycles. The lowest BCUT2D eigenvalue weighted by Crippen LogP contribution is -2.13. The van der Waals surface area contributed by atoms with Crippen LogP contribution in [0.15, 0.2) is 30.6 Å². The molecule has 0 radical (unpaired) electrons. The number of rotatable bonds is 2. The molecule has 0 saturated heterocycles. The lowest BCUT2D eigenvalue weighted by atomic mass is 10.0. The molecule has 5 heteroatoms. The average molecular weight is 269 g/mol. The topological polar surface area (TPSA) is 67.2 Å². The number of carbonyl (C=O) groups excluding carboxylic acids is 1. The van der Waals surface area contributed by atoms with E-state index in [1.807, 2.05) is 13.0 Å². The monoisotopic (exact) mass is 269 g/mol. The van der Waals surface area contributed by atoms with Gasteiger partial charge in [-0.05, 0) is 19.1 Å². The fourth-order valence-electron chi connectivity index (χ4n) is 1.77. The molecular weight excluding hydrogens is 254 g/mol. The van der Waals surface area contributed by atoms with Crippen LogP contribution < -0.4 is 5.32 Å². The Balaban J connectivity index is 2.30. The summed E-state index contributed by atoms with van der Waals surface area (Å²) >= 11 is 0. The molecule has 0 aliphatic heterocycles. The van der Waals surface area contributed by atoms with E-state index in [2.05, 4.69) is 22.3 Å². The first-order valence-corrected chi connectivity index (χ1v) is 6.10. The van der Waals surface area contributed by atoms with Gasteiger partial charge in [0.2, 0.25) is 0 Å². The number of nitrogens with zero attached hydrogens (tertiary/aromatic N) is 2. The van der Waals surface area contributed by atoms with Crippen LogP contribution in [0.25, 0.3) is 0 Å². The molecule has 1 heterocycles. The van der Waals surface area contributed by atoms with Gasteiger partial charge in [-0.15, -0.1) is 0 Å². The Bertz CT molecular complexity index is 693. The lowest BCUT2D eigenvalue weighted by molar-refractivity contribution is 0.102. The van der Waals surface area contributed by atoms with E-state index in [-0.39, 0.29) is 12.5 Å². The fraction of sp³-hybridized carbons (Fsp3) is 0.200. The van der Waals surface area contributed by atoms with Crippen molar-refractivity contribution in [3.8, 4) is 11.8 Å². The zero-order chi connectivity index (χ0) is 14.5. The van der Waals surface area contributed by atoms with E-state index in [1.165, 1.54) is 0 Å². The van der Waals surface area contributed by atoms with Gasteiger partial charge in [0.15, 0.2) is 0 Å². The maximum Gasteiger partial charge on any atom is 0.257 e. The highest BCUT2D eigenvalue weighted by atomic mass is 16.2. The number of amides is 1. The van der Waals surface area contributed by atoms with Gasteiger partial charge in [0.25, 0.3) is 5.91 Å². The molecule has 2 aromatic rings. The van der Waals surface area contributed by atoms with Crippen LogP contribution in [0.5, 0.6) is 0 Å². The normalized spacial score (nSPS) is 9.75. The second-order valence-corrected chi connectivity index (χ2v) is 4.37. The first-order chi connectivity index (χ1) is 9.60. The highest BCUT2D eigenvalue weighted by Gasteiger charge is 2.11. The number of aliphatic hydroxyl groups excluding tert-OH is 1. The lowest BCUT2D eigenvalue weighted by Gasteiger charge is -2.06. The Labute approximate surface area is 117 Å². The number of anilines is 1. The summed E-state index contributed by atoms with van der Waals surface area (Å²) in [7, 11) is 1.78. The SMILES string of the molecule is Cc1ccc(C#CCO)c(C(=O)Nc2cnn(C)c2)c1. The molecule has 1 aromatic carbocycles. The zero-order valence-corrected chi connectivity index (χ0v) is 11.3. The van der Waals surface area contributed by atoms with Gasteiger partial charge in [-0.3, -0.25) is 9.48 Å².